The zero-order chi connectivity index (χ0) is 15.8. The molecule has 22 heavy (non-hydrogen) atoms. The Kier molecular flexibility index (Phi) is 5.56. The average molecular weight is 293 g/mol. The maximum absolute atomic E-state index is 11.7. The summed E-state index contributed by atoms with van der Waals surface area (Å²) in [6.07, 6.45) is 2.48. The molecule has 2 rings (SSSR count). The molecule has 0 bridgehead atoms. The fourth-order valence-corrected chi connectivity index (χ4v) is 1.99. The van der Waals surface area contributed by atoms with Crippen molar-refractivity contribution in [2.75, 3.05) is 10.6 Å². The highest BCUT2D eigenvalue weighted by Crippen LogP contribution is 2.19. The standard InChI is InChI=1S/C18H19N3O/c1-2-3-4-18(22)21-17-11-9-16(10-12-17)20-15-7-5-14(13-19)6-8-15/h5-12,20H,2-4H2,1H3,(H,21,22). The molecule has 1 amide bonds. The monoisotopic (exact) mass is 293 g/mol. The Morgan fingerprint density at radius 2 is 1.55 bits per heavy atom. The zero-order valence-electron chi connectivity index (χ0n) is 12.6. The minimum atomic E-state index is 0.0506. The Morgan fingerprint density at radius 3 is 2.09 bits per heavy atom. The highest BCUT2D eigenvalue weighted by atomic mass is 16.1. The van der Waals surface area contributed by atoms with Crippen LogP contribution in [0.5, 0.6) is 0 Å². The second kappa shape index (κ2) is 7.84. The predicted molar refractivity (Wildman–Crippen MR) is 89.0 cm³/mol. The van der Waals surface area contributed by atoms with Gasteiger partial charge in [-0.1, -0.05) is 13.3 Å². The normalized spacial score (nSPS) is 9.82. The fraction of sp³-hybridized carbons (Fsp3) is 0.222. The quantitative estimate of drug-likeness (QED) is 0.828. The molecule has 0 radical (unpaired) electrons. The maximum Gasteiger partial charge on any atom is 0.224 e. The second-order valence-electron chi connectivity index (χ2n) is 5.04. The van der Waals surface area contributed by atoms with Crippen molar-refractivity contribution in [2.45, 2.75) is 26.2 Å². The molecule has 112 valence electrons. The van der Waals surface area contributed by atoms with Gasteiger partial charge >= 0.3 is 0 Å². The highest BCUT2D eigenvalue weighted by Gasteiger charge is 2.02. The van der Waals surface area contributed by atoms with Gasteiger partial charge < -0.3 is 10.6 Å². The molecule has 0 heterocycles. The molecule has 0 aliphatic heterocycles. The molecular formula is C18H19N3O. The Morgan fingerprint density at radius 1 is 1.00 bits per heavy atom. The van der Waals surface area contributed by atoms with Gasteiger partial charge in [0.1, 0.15) is 0 Å². The Bertz CT molecular complexity index is 654. The molecule has 4 heteroatoms. The topological polar surface area (TPSA) is 64.9 Å². The van der Waals surface area contributed by atoms with Crippen LogP contribution in [0, 0.1) is 11.3 Å². The third-order valence-corrected chi connectivity index (χ3v) is 3.23. The summed E-state index contributed by atoms with van der Waals surface area (Å²) in [4.78, 5) is 11.7. The number of unbranched alkanes of at least 4 members (excludes halogenated alkanes) is 1. The number of rotatable bonds is 6. The van der Waals surface area contributed by atoms with Crippen LogP contribution in [0.25, 0.3) is 0 Å². The number of amides is 1. The number of nitriles is 1. The van der Waals surface area contributed by atoms with Crippen molar-refractivity contribution in [3.63, 3.8) is 0 Å². The van der Waals surface area contributed by atoms with Crippen LogP contribution in [0.3, 0.4) is 0 Å². The van der Waals surface area contributed by atoms with E-state index in [-0.39, 0.29) is 5.91 Å². The third-order valence-electron chi connectivity index (χ3n) is 3.23. The number of carbonyl (C=O) groups is 1. The lowest BCUT2D eigenvalue weighted by atomic mass is 10.2. The highest BCUT2D eigenvalue weighted by molar-refractivity contribution is 5.90. The van der Waals surface area contributed by atoms with Crippen molar-refractivity contribution in [3.05, 3.63) is 54.1 Å². The molecule has 2 aromatic rings. The van der Waals surface area contributed by atoms with E-state index in [4.69, 9.17) is 5.26 Å². The minimum absolute atomic E-state index is 0.0506. The van der Waals surface area contributed by atoms with Gasteiger partial charge in [-0.3, -0.25) is 4.79 Å². The van der Waals surface area contributed by atoms with Crippen LogP contribution in [-0.4, -0.2) is 5.91 Å². The number of hydrogen-bond donors (Lipinski definition) is 2. The van der Waals surface area contributed by atoms with Gasteiger partial charge in [-0.25, -0.2) is 0 Å². The molecule has 0 aliphatic rings. The van der Waals surface area contributed by atoms with Gasteiger partial charge in [0, 0.05) is 23.5 Å². The van der Waals surface area contributed by atoms with Gasteiger partial charge in [-0.05, 0) is 55.0 Å². The Balaban J connectivity index is 1.93. The van der Waals surface area contributed by atoms with Crippen LogP contribution in [0.4, 0.5) is 17.1 Å². The smallest absolute Gasteiger partial charge is 0.224 e. The first-order valence-electron chi connectivity index (χ1n) is 7.38. The summed E-state index contributed by atoms with van der Waals surface area (Å²) >= 11 is 0. The van der Waals surface area contributed by atoms with E-state index in [1.807, 2.05) is 36.4 Å². The summed E-state index contributed by atoms with van der Waals surface area (Å²) < 4.78 is 0. The number of benzene rings is 2. The number of nitrogens with one attached hydrogen (secondary N) is 2. The SMILES string of the molecule is CCCCC(=O)Nc1ccc(Nc2ccc(C#N)cc2)cc1. The molecule has 0 saturated carbocycles. The van der Waals surface area contributed by atoms with E-state index in [1.54, 1.807) is 12.1 Å². The van der Waals surface area contributed by atoms with E-state index < -0.39 is 0 Å². The zero-order valence-corrected chi connectivity index (χ0v) is 12.6. The summed E-state index contributed by atoms with van der Waals surface area (Å²) in [7, 11) is 0. The first-order chi connectivity index (χ1) is 10.7. The molecule has 0 spiro atoms. The van der Waals surface area contributed by atoms with Gasteiger partial charge in [0.05, 0.1) is 11.6 Å². The molecule has 2 N–H and O–H groups in total. The first-order valence-corrected chi connectivity index (χ1v) is 7.38. The summed E-state index contributed by atoms with van der Waals surface area (Å²) in [6.45, 7) is 2.07. The molecule has 0 saturated heterocycles. The molecule has 0 atom stereocenters. The number of nitrogens with zero attached hydrogens (tertiary/aromatic N) is 1. The van der Waals surface area contributed by atoms with E-state index in [0.717, 1.165) is 29.9 Å². The van der Waals surface area contributed by atoms with Crippen molar-refractivity contribution >= 4 is 23.0 Å². The van der Waals surface area contributed by atoms with E-state index in [0.29, 0.717) is 12.0 Å². The number of anilines is 3. The van der Waals surface area contributed by atoms with Crippen LogP contribution in [0.15, 0.2) is 48.5 Å². The molecule has 4 nitrogen and oxygen atoms in total. The van der Waals surface area contributed by atoms with Gasteiger partial charge in [0.15, 0.2) is 0 Å². The fourth-order valence-electron chi connectivity index (χ4n) is 1.99. The van der Waals surface area contributed by atoms with Gasteiger partial charge in [-0.2, -0.15) is 5.26 Å². The lowest BCUT2D eigenvalue weighted by Gasteiger charge is -2.08. The van der Waals surface area contributed by atoms with Crippen molar-refractivity contribution in [2.24, 2.45) is 0 Å². The largest absolute Gasteiger partial charge is 0.356 e. The van der Waals surface area contributed by atoms with E-state index >= 15 is 0 Å². The van der Waals surface area contributed by atoms with Crippen molar-refractivity contribution in [1.82, 2.24) is 0 Å². The second-order valence-corrected chi connectivity index (χ2v) is 5.04. The molecule has 2 aromatic carbocycles. The van der Waals surface area contributed by atoms with E-state index in [2.05, 4.69) is 23.6 Å². The van der Waals surface area contributed by atoms with E-state index in [1.165, 1.54) is 0 Å². The maximum atomic E-state index is 11.7. The Hall–Kier alpha value is -2.80. The minimum Gasteiger partial charge on any atom is -0.356 e. The summed E-state index contributed by atoms with van der Waals surface area (Å²) in [5.74, 6) is 0.0506. The van der Waals surface area contributed by atoms with Crippen LogP contribution >= 0.6 is 0 Å². The van der Waals surface area contributed by atoms with Crippen molar-refractivity contribution < 1.29 is 4.79 Å². The van der Waals surface area contributed by atoms with Gasteiger partial charge in [0.2, 0.25) is 5.91 Å². The van der Waals surface area contributed by atoms with Crippen LogP contribution in [-0.2, 0) is 4.79 Å². The lowest BCUT2D eigenvalue weighted by Crippen LogP contribution is -2.10. The summed E-state index contributed by atoms with van der Waals surface area (Å²) in [5, 5.41) is 14.9. The number of hydrogen-bond acceptors (Lipinski definition) is 3. The molecule has 0 unspecified atom stereocenters. The van der Waals surface area contributed by atoms with E-state index in [9.17, 15) is 4.79 Å². The van der Waals surface area contributed by atoms with Crippen LogP contribution in [0.2, 0.25) is 0 Å². The van der Waals surface area contributed by atoms with Crippen LogP contribution in [0.1, 0.15) is 31.7 Å². The van der Waals surface area contributed by atoms with Gasteiger partial charge in [0.25, 0.3) is 0 Å². The Labute approximate surface area is 130 Å². The van der Waals surface area contributed by atoms with Crippen LogP contribution < -0.4 is 10.6 Å². The molecule has 0 aromatic heterocycles. The molecular weight excluding hydrogens is 274 g/mol. The lowest BCUT2D eigenvalue weighted by molar-refractivity contribution is -0.116. The third kappa shape index (κ3) is 4.64. The molecule has 0 fully saturated rings. The molecule has 0 aliphatic carbocycles. The van der Waals surface area contributed by atoms with Crippen molar-refractivity contribution in [1.29, 1.82) is 5.26 Å². The summed E-state index contributed by atoms with van der Waals surface area (Å²) in [5.41, 5.74) is 3.28. The van der Waals surface area contributed by atoms with Crippen molar-refractivity contribution in [3.8, 4) is 6.07 Å². The predicted octanol–water partition coefficient (Wildman–Crippen LogP) is 4.43. The number of carbonyl (C=O) groups excluding carboxylic acids is 1. The summed E-state index contributed by atoms with van der Waals surface area (Å²) in [6, 6.07) is 16.9. The van der Waals surface area contributed by atoms with Gasteiger partial charge in [-0.15, -0.1) is 0 Å². The average Bonchev–Trinajstić information content (AvgIpc) is 2.55. The first kappa shape index (κ1) is 15.6.